The maximum absolute atomic E-state index is 12.8. The molecule has 0 radical (unpaired) electrons. The Morgan fingerprint density at radius 3 is 1.33 bits per heavy atom. The number of carbonyl (C=O) groups excluding carboxylic acids is 1. The summed E-state index contributed by atoms with van der Waals surface area (Å²) in [6.45, 7) is 3.93. The number of hydrogen-bond donors (Lipinski definition) is 6. The number of ether oxygens (including phenoxy) is 2. The third kappa shape index (κ3) is 31.8. The van der Waals surface area contributed by atoms with Crippen LogP contribution in [-0.4, -0.2) is 98.9 Å². The first-order chi connectivity index (χ1) is 31.0. The molecule has 0 spiro atoms. The molecule has 1 rings (SSSR count). The van der Waals surface area contributed by atoms with Crippen LogP contribution in [0.4, 0.5) is 0 Å². The van der Waals surface area contributed by atoms with Gasteiger partial charge in [0.25, 0.3) is 0 Å². The zero-order valence-corrected chi connectivity index (χ0v) is 39.7. The second-order valence-electron chi connectivity index (χ2n) is 15.8. The minimum atomic E-state index is -5.04. The van der Waals surface area contributed by atoms with Crippen molar-refractivity contribution in [2.24, 2.45) is 0 Å². The summed E-state index contributed by atoms with van der Waals surface area (Å²) >= 11 is 0. The number of esters is 1. The van der Waals surface area contributed by atoms with Crippen molar-refractivity contribution in [3.05, 3.63) is 109 Å². The Morgan fingerprint density at radius 1 is 0.500 bits per heavy atom. The third-order valence-electron chi connectivity index (χ3n) is 10.1. The summed E-state index contributed by atoms with van der Waals surface area (Å²) in [5, 5.41) is 50.2. The number of aliphatic hydroxyl groups excluding tert-OH is 5. The van der Waals surface area contributed by atoms with Crippen molar-refractivity contribution in [1.82, 2.24) is 0 Å². The fourth-order valence-electron chi connectivity index (χ4n) is 6.43. The molecule has 0 saturated heterocycles. The van der Waals surface area contributed by atoms with Crippen LogP contribution in [0.15, 0.2) is 109 Å². The molecule has 1 aliphatic carbocycles. The van der Waals surface area contributed by atoms with E-state index in [1.54, 1.807) is 0 Å². The van der Waals surface area contributed by atoms with Crippen LogP contribution >= 0.6 is 7.82 Å². The summed E-state index contributed by atoms with van der Waals surface area (Å²) in [4.78, 5) is 23.2. The van der Waals surface area contributed by atoms with Gasteiger partial charge in [0, 0.05) is 13.0 Å². The van der Waals surface area contributed by atoms with Crippen LogP contribution in [0.2, 0.25) is 0 Å². The molecule has 6 atom stereocenters. The summed E-state index contributed by atoms with van der Waals surface area (Å²) in [6, 6.07) is 0. The third-order valence-corrected chi connectivity index (χ3v) is 11.1. The minimum absolute atomic E-state index is 0.112. The van der Waals surface area contributed by atoms with Crippen molar-refractivity contribution in [3.8, 4) is 0 Å². The average molecular weight is 919 g/mol. The van der Waals surface area contributed by atoms with Crippen LogP contribution in [0.3, 0.4) is 0 Å². The highest BCUT2D eigenvalue weighted by molar-refractivity contribution is 7.47. The number of allylic oxidation sites excluding steroid dienone is 18. The molecular weight excluding hydrogens is 836 g/mol. The van der Waals surface area contributed by atoms with Crippen LogP contribution in [0.25, 0.3) is 0 Å². The van der Waals surface area contributed by atoms with Gasteiger partial charge in [0.15, 0.2) is 0 Å². The van der Waals surface area contributed by atoms with Crippen molar-refractivity contribution in [1.29, 1.82) is 0 Å². The molecule has 6 N–H and O–H groups in total. The van der Waals surface area contributed by atoms with E-state index >= 15 is 0 Å². The van der Waals surface area contributed by atoms with Gasteiger partial charge in [-0.15, -0.1) is 0 Å². The van der Waals surface area contributed by atoms with Gasteiger partial charge in [-0.3, -0.25) is 13.8 Å². The first-order valence-corrected chi connectivity index (χ1v) is 25.2. The zero-order valence-electron chi connectivity index (χ0n) is 38.8. The Kier molecular flexibility index (Phi) is 37.2. The molecule has 1 saturated carbocycles. The Balaban J connectivity index is 2.42. The molecule has 0 aromatic carbocycles. The molecular formula is C51H83O12P. The van der Waals surface area contributed by atoms with Crippen molar-refractivity contribution in [2.75, 3.05) is 19.8 Å². The van der Waals surface area contributed by atoms with Crippen molar-refractivity contribution >= 4 is 13.8 Å². The first-order valence-electron chi connectivity index (χ1n) is 23.7. The van der Waals surface area contributed by atoms with Gasteiger partial charge in [-0.2, -0.15) is 0 Å². The standard InChI is InChI=1S/C51H83O12P/c1-3-5-7-9-11-13-15-17-19-20-21-22-23-24-25-27-29-31-33-35-37-39-41-60-42-44(43-61-64(58,59)63-51-49(56)47(54)46(53)48(55)50(51)57)62-45(52)40-38-36-34-32-30-28-26-18-16-14-12-10-8-6-4-2/h5-8,11-14,17-19,21-22,24-26,30,32,44,46-51,53-57H,3-4,9-10,15-16,20,23,27-29,31,33-43H2,1-2H3,(H,58,59)/b7-5-,8-6-,13-11-,14-12-,19-17-,22-21-,25-24-,26-18-,32-30-. The second-order valence-corrected chi connectivity index (χ2v) is 17.2. The molecule has 0 aliphatic heterocycles. The van der Waals surface area contributed by atoms with Crippen molar-refractivity contribution < 1.29 is 58.3 Å². The molecule has 0 aromatic heterocycles. The van der Waals surface area contributed by atoms with Gasteiger partial charge >= 0.3 is 13.8 Å². The molecule has 364 valence electrons. The second kappa shape index (κ2) is 40.3. The van der Waals surface area contributed by atoms with Crippen LogP contribution < -0.4 is 0 Å². The molecule has 13 heteroatoms. The number of carbonyl (C=O) groups is 1. The van der Waals surface area contributed by atoms with Gasteiger partial charge in [0.1, 0.15) is 42.7 Å². The van der Waals surface area contributed by atoms with Crippen LogP contribution in [0.1, 0.15) is 142 Å². The zero-order chi connectivity index (χ0) is 46.9. The highest BCUT2D eigenvalue weighted by Crippen LogP contribution is 2.47. The molecule has 0 bridgehead atoms. The lowest BCUT2D eigenvalue weighted by Gasteiger charge is -2.41. The van der Waals surface area contributed by atoms with E-state index in [9.17, 15) is 39.8 Å². The number of hydrogen-bond acceptors (Lipinski definition) is 11. The largest absolute Gasteiger partial charge is 0.472 e. The SMILES string of the molecule is CC/C=C\C/C=C\C/C=C\C/C=C\C/C=C\CCCCCCCCOCC(COP(=O)(O)OC1C(O)C(O)C(O)C(O)C1O)OC(=O)CCCC/C=C\C/C=C\C/C=C\C/C=C\CC. The topological polar surface area (TPSA) is 192 Å². The van der Waals surface area contributed by atoms with Crippen LogP contribution in [0.5, 0.6) is 0 Å². The van der Waals surface area contributed by atoms with Gasteiger partial charge in [-0.1, -0.05) is 149 Å². The fourth-order valence-corrected chi connectivity index (χ4v) is 7.40. The van der Waals surface area contributed by atoms with E-state index in [2.05, 4.69) is 123 Å². The molecule has 0 amide bonds. The first kappa shape index (κ1) is 59.0. The summed E-state index contributed by atoms with van der Waals surface area (Å²) < 4.78 is 34.1. The summed E-state index contributed by atoms with van der Waals surface area (Å²) in [5.41, 5.74) is 0. The smallest absolute Gasteiger partial charge is 0.457 e. The maximum Gasteiger partial charge on any atom is 0.472 e. The van der Waals surface area contributed by atoms with E-state index in [1.165, 1.54) is 0 Å². The number of unbranched alkanes of at least 4 members (excludes halogenated alkanes) is 8. The average Bonchev–Trinajstić information content (AvgIpc) is 3.28. The van der Waals surface area contributed by atoms with Crippen LogP contribution in [-0.2, 0) is 27.9 Å². The van der Waals surface area contributed by atoms with E-state index in [-0.39, 0.29) is 13.0 Å². The van der Waals surface area contributed by atoms with Gasteiger partial charge in [-0.25, -0.2) is 4.57 Å². The minimum Gasteiger partial charge on any atom is -0.457 e. The lowest BCUT2D eigenvalue weighted by molar-refractivity contribution is -0.220. The Bertz CT molecular complexity index is 1470. The summed E-state index contributed by atoms with van der Waals surface area (Å²) in [6.07, 6.45) is 44.4. The quantitative estimate of drug-likeness (QED) is 0.0149. The summed E-state index contributed by atoms with van der Waals surface area (Å²) in [7, 11) is -5.04. The molecule has 12 nitrogen and oxygen atoms in total. The van der Waals surface area contributed by atoms with Gasteiger partial charge < -0.3 is 39.9 Å². The Hall–Kier alpha value is -3.00. The lowest BCUT2D eigenvalue weighted by atomic mass is 9.85. The van der Waals surface area contributed by atoms with Gasteiger partial charge in [0.05, 0.1) is 13.2 Å². The number of aliphatic hydroxyl groups is 5. The van der Waals surface area contributed by atoms with E-state index in [0.29, 0.717) is 13.0 Å². The highest BCUT2D eigenvalue weighted by Gasteiger charge is 2.51. The van der Waals surface area contributed by atoms with E-state index in [0.717, 1.165) is 116 Å². The van der Waals surface area contributed by atoms with E-state index < -0.39 is 63.1 Å². The predicted molar refractivity (Wildman–Crippen MR) is 257 cm³/mol. The fraction of sp³-hybridized carbons (Fsp3) is 0.627. The lowest BCUT2D eigenvalue weighted by Crippen LogP contribution is -2.64. The maximum atomic E-state index is 12.8. The van der Waals surface area contributed by atoms with E-state index in [4.69, 9.17) is 18.5 Å². The number of phosphoric ester groups is 1. The summed E-state index contributed by atoms with van der Waals surface area (Å²) in [5.74, 6) is -0.529. The van der Waals surface area contributed by atoms with E-state index in [1.807, 2.05) is 0 Å². The van der Waals surface area contributed by atoms with Gasteiger partial charge in [-0.05, 0) is 96.3 Å². The molecule has 0 aromatic rings. The Morgan fingerprint density at radius 2 is 0.875 bits per heavy atom. The molecule has 1 aliphatic rings. The van der Waals surface area contributed by atoms with Gasteiger partial charge in [0.2, 0.25) is 0 Å². The molecule has 64 heavy (non-hydrogen) atoms. The van der Waals surface area contributed by atoms with Crippen LogP contribution in [0, 0.1) is 0 Å². The normalized spacial score (nSPS) is 22.7. The highest BCUT2D eigenvalue weighted by atomic mass is 31.2. The monoisotopic (exact) mass is 919 g/mol. The number of phosphoric acid groups is 1. The molecule has 0 heterocycles. The van der Waals surface area contributed by atoms with Crippen molar-refractivity contribution in [3.63, 3.8) is 0 Å². The predicted octanol–water partition coefficient (Wildman–Crippen LogP) is 10.1. The number of rotatable bonds is 38. The Labute approximate surface area is 385 Å². The molecule has 6 unspecified atom stereocenters. The van der Waals surface area contributed by atoms with Crippen molar-refractivity contribution in [2.45, 2.75) is 185 Å². The molecule has 1 fully saturated rings.